The molecule has 1 rings (SSSR count). The summed E-state index contributed by atoms with van der Waals surface area (Å²) in [4.78, 5) is 11.2. The number of hydrogen-bond donors (Lipinski definition) is 1. The highest BCUT2D eigenvalue weighted by Crippen LogP contribution is 2.26. The Kier molecular flexibility index (Phi) is 5.34. The smallest absolute Gasteiger partial charge is 0.243 e. The number of hydrogen-bond acceptors (Lipinski definition) is 3. The Hall–Kier alpha value is -1.11. The van der Waals surface area contributed by atoms with Crippen LogP contribution in [0.3, 0.4) is 0 Å². The van der Waals surface area contributed by atoms with E-state index in [2.05, 4.69) is 5.32 Å². The maximum Gasteiger partial charge on any atom is 0.243 e. The molecule has 106 valence electrons. The Labute approximate surface area is 118 Å². The first-order valence-corrected chi connectivity index (χ1v) is 7.72. The zero-order valence-corrected chi connectivity index (χ0v) is 12.7. The van der Waals surface area contributed by atoms with Crippen molar-refractivity contribution in [3.8, 4) is 0 Å². The first-order chi connectivity index (χ1) is 8.82. The predicted molar refractivity (Wildman–Crippen MR) is 75.9 cm³/mol. The quantitative estimate of drug-likeness (QED) is 0.908. The number of rotatable bonds is 5. The second-order valence-corrected chi connectivity index (χ2v) is 6.26. The van der Waals surface area contributed by atoms with E-state index >= 15 is 0 Å². The fourth-order valence-corrected chi connectivity index (χ4v) is 3.31. The summed E-state index contributed by atoms with van der Waals surface area (Å²) >= 11 is 5.91. The zero-order valence-electron chi connectivity index (χ0n) is 11.1. The van der Waals surface area contributed by atoms with E-state index < -0.39 is 10.0 Å². The van der Waals surface area contributed by atoms with Crippen LogP contribution in [-0.4, -0.2) is 31.7 Å². The number of sulfonamides is 1. The van der Waals surface area contributed by atoms with Crippen LogP contribution in [0.25, 0.3) is 0 Å². The number of carbonyl (C=O) groups is 1. The van der Waals surface area contributed by atoms with E-state index in [1.807, 2.05) is 0 Å². The molecule has 1 aromatic rings. The van der Waals surface area contributed by atoms with Gasteiger partial charge in [-0.05, 0) is 18.2 Å². The number of nitrogens with zero attached hydrogens (tertiary/aromatic N) is 1. The van der Waals surface area contributed by atoms with Crippen LogP contribution in [0.5, 0.6) is 0 Å². The monoisotopic (exact) mass is 304 g/mol. The molecule has 0 saturated carbocycles. The van der Waals surface area contributed by atoms with E-state index in [9.17, 15) is 13.2 Å². The molecule has 0 atom stereocenters. The van der Waals surface area contributed by atoms with Crippen LogP contribution < -0.4 is 5.32 Å². The highest BCUT2D eigenvalue weighted by Gasteiger charge is 2.22. The van der Waals surface area contributed by atoms with Gasteiger partial charge in [0.2, 0.25) is 15.9 Å². The molecule has 0 aliphatic rings. The summed E-state index contributed by atoms with van der Waals surface area (Å²) in [7, 11) is -3.55. The molecule has 1 N–H and O–H groups in total. The Morgan fingerprint density at radius 1 is 1.32 bits per heavy atom. The first-order valence-electron chi connectivity index (χ1n) is 5.90. The molecule has 1 aromatic carbocycles. The van der Waals surface area contributed by atoms with Gasteiger partial charge in [-0.1, -0.05) is 25.4 Å². The molecule has 0 bridgehead atoms. The molecule has 19 heavy (non-hydrogen) atoms. The summed E-state index contributed by atoms with van der Waals surface area (Å²) in [5.74, 6) is -0.306. The molecule has 0 heterocycles. The molecule has 1 amide bonds. The number of benzene rings is 1. The van der Waals surface area contributed by atoms with Crippen LogP contribution in [0.2, 0.25) is 5.02 Å². The van der Waals surface area contributed by atoms with Gasteiger partial charge in [-0.3, -0.25) is 4.79 Å². The van der Waals surface area contributed by atoms with Crippen LogP contribution in [0.1, 0.15) is 20.8 Å². The Balaban J connectivity index is 3.25. The molecule has 7 heteroatoms. The van der Waals surface area contributed by atoms with Gasteiger partial charge < -0.3 is 5.32 Å². The fourth-order valence-electron chi connectivity index (χ4n) is 1.66. The van der Waals surface area contributed by atoms with Crippen molar-refractivity contribution in [2.75, 3.05) is 18.4 Å². The molecule has 0 aliphatic carbocycles. The van der Waals surface area contributed by atoms with Gasteiger partial charge in [-0.2, -0.15) is 4.31 Å². The molecule has 0 unspecified atom stereocenters. The van der Waals surface area contributed by atoms with Gasteiger partial charge in [-0.15, -0.1) is 0 Å². The van der Waals surface area contributed by atoms with Crippen LogP contribution in [0.15, 0.2) is 23.1 Å². The summed E-state index contributed by atoms with van der Waals surface area (Å²) in [5, 5.41) is 2.81. The predicted octanol–water partition coefficient (Wildman–Crippen LogP) is 2.33. The summed E-state index contributed by atoms with van der Waals surface area (Å²) in [6.07, 6.45) is 0. The lowest BCUT2D eigenvalue weighted by Crippen LogP contribution is -2.30. The van der Waals surface area contributed by atoms with Crippen molar-refractivity contribution in [1.29, 1.82) is 0 Å². The second-order valence-electron chi connectivity index (χ2n) is 3.91. The minimum Gasteiger partial charge on any atom is -0.325 e. The van der Waals surface area contributed by atoms with Gasteiger partial charge in [0.25, 0.3) is 0 Å². The average molecular weight is 305 g/mol. The van der Waals surface area contributed by atoms with Crippen LogP contribution in [-0.2, 0) is 14.8 Å². The van der Waals surface area contributed by atoms with E-state index in [1.54, 1.807) is 13.8 Å². The molecular weight excluding hydrogens is 288 g/mol. The largest absolute Gasteiger partial charge is 0.325 e. The van der Waals surface area contributed by atoms with Gasteiger partial charge in [0.1, 0.15) is 0 Å². The van der Waals surface area contributed by atoms with E-state index in [4.69, 9.17) is 11.6 Å². The number of carbonyl (C=O) groups excluding carboxylic acids is 1. The highest BCUT2D eigenvalue weighted by atomic mass is 35.5. The first kappa shape index (κ1) is 15.9. The molecule has 0 radical (unpaired) electrons. The summed E-state index contributed by atoms with van der Waals surface area (Å²) in [5.41, 5.74) is 0.294. The number of anilines is 1. The van der Waals surface area contributed by atoms with Crippen molar-refractivity contribution in [3.05, 3.63) is 23.2 Å². The summed E-state index contributed by atoms with van der Waals surface area (Å²) in [6, 6.07) is 4.27. The molecule has 0 fully saturated rings. The fraction of sp³-hybridized carbons (Fsp3) is 0.417. The third-order valence-electron chi connectivity index (χ3n) is 2.59. The van der Waals surface area contributed by atoms with Crippen molar-refractivity contribution in [2.45, 2.75) is 25.7 Å². The number of halogens is 1. The Morgan fingerprint density at radius 3 is 2.37 bits per heavy atom. The molecule has 0 aromatic heterocycles. The highest BCUT2D eigenvalue weighted by molar-refractivity contribution is 7.89. The Morgan fingerprint density at radius 2 is 1.89 bits per heavy atom. The van der Waals surface area contributed by atoms with E-state index in [0.29, 0.717) is 23.8 Å². The summed E-state index contributed by atoms with van der Waals surface area (Å²) < 4.78 is 26.0. The maximum atomic E-state index is 12.3. The van der Waals surface area contributed by atoms with Crippen molar-refractivity contribution < 1.29 is 13.2 Å². The molecule has 5 nitrogen and oxygen atoms in total. The zero-order chi connectivity index (χ0) is 14.6. The van der Waals surface area contributed by atoms with Gasteiger partial charge >= 0.3 is 0 Å². The minimum absolute atomic E-state index is 0.115. The van der Waals surface area contributed by atoms with E-state index in [-0.39, 0.29) is 10.8 Å². The normalized spacial score (nSPS) is 11.6. The lowest BCUT2D eigenvalue weighted by molar-refractivity contribution is -0.114. The third-order valence-corrected chi connectivity index (χ3v) is 4.97. The van der Waals surface area contributed by atoms with Gasteiger partial charge in [0.15, 0.2) is 0 Å². The van der Waals surface area contributed by atoms with Crippen LogP contribution in [0, 0.1) is 0 Å². The lowest BCUT2D eigenvalue weighted by Gasteiger charge is -2.19. The minimum atomic E-state index is -3.55. The molecule has 0 saturated heterocycles. The van der Waals surface area contributed by atoms with Gasteiger partial charge in [0, 0.05) is 20.0 Å². The van der Waals surface area contributed by atoms with Crippen molar-refractivity contribution in [1.82, 2.24) is 4.31 Å². The number of nitrogens with one attached hydrogen (secondary N) is 1. The molecule has 0 aliphatic heterocycles. The van der Waals surface area contributed by atoms with Crippen molar-refractivity contribution >= 4 is 33.2 Å². The third kappa shape index (κ3) is 3.68. The molecular formula is C12H17ClN2O3S. The van der Waals surface area contributed by atoms with Gasteiger partial charge in [-0.25, -0.2) is 8.42 Å². The van der Waals surface area contributed by atoms with Crippen LogP contribution >= 0.6 is 11.6 Å². The maximum absolute atomic E-state index is 12.3. The standard InChI is InChI=1S/C12H17ClN2O3S/c1-4-15(5-2)19(17,18)10-6-7-11(13)12(8-10)14-9(3)16/h6-8H,4-5H2,1-3H3,(H,14,16). The lowest BCUT2D eigenvalue weighted by atomic mass is 10.3. The van der Waals surface area contributed by atoms with Crippen LogP contribution in [0.4, 0.5) is 5.69 Å². The van der Waals surface area contributed by atoms with E-state index in [0.717, 1.165) is 0 Å². The second kappa shape index (κ2) is 6.36. The van der Waals surface area contributed by atoms with Crippen molar-refractivity contribution in [2.24, 2.45) is 0 Å². The average Bonchev–Trinajstić information content (AvgIpc) is 2.32. The summed E-state index contributed by atoms with van der Waals surface area (Å²) in [6.45, 7) is 5.65. The molecule has 0 spiro atoms. The van der Waals surface area contributed by atoms with Gasteiger partial charge in [0.05, 0.1) is 15.6 Å². The SMILES string of the molecule is CCN(CC)S(=O)(=O)c1ccc(Cl)c(NC(C)=O)c1. The Bertz CT molecular complexity index is 568. The van der Waals surface area contributed by atoms with Crippen molar-refractivity contribution in [3.63, 3.8) is 0 Å². The topological polar surface area (TPSA) is 66.5 Å². The van der Waals surface area contributed by atoms with E-state index in [1.165, 1.54) is 29.4 Å². The number of amides is 1.